The highest BCUT2D eigenvalue weighted by Gasteiger charge is 2.17. The van der Waals surface area contributed by atoms with E-state index in [2.05, 4.69) is 10.3 Å². The number of carbonyl (C=O) groups excluding carboxylic acids is 1. The van der Waals surface area contributed by atoms with Gasteiger partial charge in [-0.3, -0.25) is 9.59 Å². The fourth-order valence-electron chi connectivity index (χ4n) is 2.86. The zero-order valence-electron chi connectivity index (χ0n) is 14.8. The normalized spacial score (nSPS) is 10.6. The molecule has 3 rings (SSSR count). The predicted octanol–water partition coefficient (Wildman–Crippen LogP) is 2.55. The molecule has 0 aliphatic rings. The number of hydrogen-bond donors (Lipinski definition) is 3. The summed E-state index contributed by atoms with van der Waals surface area (Å²) in [5, 5.41) is 21.7. The molecule has 8 heteroatoms. The number of nitrogens with zero attached hydrogens (tertiary/aromatic N) is 1. The van der Waals surface area contributed by atoms with Crippen molar-refractivity contribution in [1.29, 1.82) is 5.26 Å². The molecule has 1 heterocycles. The topological polar surface area (TPSA) is 106 Å². The van der Waals surface area contributed by atoms with E-state index in [4.69, 9.17) is 5.26 Å². The molecule has 0 atom stereocenters. The number of carbonyl (C=O) groups is 1. The Bertz CT molecular complexity index is 1200. The summed E-state index contributed by atoms with van der Waals surface area (Å²) in [4.78, 5) is 26.7. The van der Waals surface area contributed by atoms with E-state index in [1.54, 1.807) is 25.1 Å². The third kappa shape index (κ3) is 3.69. The van der Waals surface area contributed by atoms with Crippen LogP contribution in [0.25, 0.3) is 10.9 Å². The van der Waals surface area contributed by atoms with E-state index in [-0.39, 0.29) is 23.0 Å². The summed E-state index contributed by atoms with van der Waals surface area (Å²) in [6.07, 6.45) is -0.439. The van der Waals surface area contributed by atoms with E-state index in [1.165, 1.54) is 0 Å². The van der Waals surface area contributed by atoms with E-state index >= 15 is 0 Å². The molecule has 28 heavy (non-hydrogen) atoms. The smallest absolute Gasteiger partial charge is 0.255 e. The lowest BCUT2D eigenvalue weighted by Gasteiger charge is -2.10. The zero-order chi connectivity index (χ0) is 20.4. The van der Waals surface area contributed by atoms with Crippen LogP contribution in [0.3, 0.4) is 0 Å². The van der Waals surface area contributed by atoms with Crippen molar-refractivity contribution >= 4 is 16.8 Å². The summed E-state index contributed by atoms with van der Waals surface area (Å²) in [6.45, 7) is 1.97. The summed E-state index contributed by atoms with van der Waals surface area (Å²) >= 11 is 0. The van der Waals surface area contributed by atoms with Crippen LogP contribution in [0.2, 0.25) is 0 Å². The number of aromatic nitrogens is 1. The van der Waals surface area contributed by atoms with Crippen LogP contribution in [0.1, 0.15) is 22.3 Å². The minimum Gasteiger partial charge on any atom is -0.507 e. The molecule has 1 amide bonds. The number of amides is 1. The van der Waals surface area contributed by atoms with Crippen LogP contribution in [0.5, 0.6) is 5.75 Å². The van der Waals surface area contributed by atoms with Crippen molar-refractivity contribution in [1.82, 2.24) is 10.3 Å². The van der Waals surface area contributed by atoms with Crippen molar-refractivity contribution < 1.29 is 18.7 Å². The standard InChI is InChI=1S/C20H15F2N3O3/c1-10-4-11(8-23)2-3-12(10)9-24-18(26)6-14-19(27)13-5-15(21)16(22)7-17(13)25-20(14)28/h2-5,7H,6,9H2,1H3,(H,24,26)(H2,25,27,28). The number of H-pyrrole nitrogens is 1. The number of rotatable bonds is 4. The molecule has 0 fully saturated rings. The lowest BCUT2D eigenvalue weighted by atomic mass is 10.1. The Morgan fingerprint density at radius 2 is 1.96 bits per heavy atom. The Balaban J connectivity index is 1.81. The van der Waals surface area contributed by atoms with Crippen LogP contribution in [0.4, 0.5) is 8.78 Å². The number of nitrogens with one attached hydrogen (secondary N) is 2. The molecule has 2 aromatic carbocycles. The Hall–Kier alpha value is -3.73. The lowest BCUT2D eigenvalue weighted by Crippen LogP contribution is -2.28. The first-order valence-electron chi connectivity index (χ1n) is 8.29. The molecule has 0 saturated heterocycles. The van der Waals surface area contributed by atoms with Gasteiger partial charge < -0.3 is 15.4 Å². The van der Waals surface area contributed by atoms with E-state index < -0.39 is 35.3 Å². The number of halogens is 2. The van der Waals surface area contributed by atoms with Crippen molar-refractivity contribution in [3.05, 3.63) is 74.6 Å². The van der Waals surface area contributed by atoms with Gasteiger partial charge in [0.25, 0.3) is 5.56 Å². The fraction of sp³-hybridized carbons (Fsp3) is 0.150. The second-order valence-corrected chi connectivity index (χ2v) is 6.30. The molecule has 0 unspecified atom stereocenters. The van der Waals surface area contributed by atoms with E-state index in [9.17, 15) is 23.5 Å². The Kier molecular flexibility index (Phi) is 5.09. The van der Waals surface area contributed by atoms with E-state index in [0.29, 0.717) is 5.56 Å². The van der Waals surface area contributed by atoms with Crippen LogP contribution >= 0.6 is 0 Å². The maximum Gasteiger partial charge on any atom is 0.255 e. The predicted molar refractivity (Wildman–Crippen MR) is 97.6 cm³/mol. The highest BCUT2D eigenvalue weighted by atomic mass is 19.2. The maximum atomic E-state index is 13.4. The van der Waals surface area contributed by atoms with E-state index in [1.807, 2.05) is 6.07 Å². The molecule has 3 N–H and O–H groups in total. The van der Waals surface area contributed by atoms with Crippen LogP contribution in [0.15, 0.2) is 35.1 Å². The lowest BCUT2D eigenvalue weighted by molar-refractivity contribution is -0.120. The third-order valence-electron chi connectivity index (χ3n) is 4.41. The quantitative estimate of drug-likeness (QED) is 0.644. The van der Waals surface area contributed by atoms with Crippen LogP contribution in [0, 0.1) is 29.9 Å². The van der Waals surface area contributed by atoms with Gasteiger partial charge in [-0.1, -0.05) is 6.07 Å². The van der Waals surface area contributed by atoms with Crippen molar-refractivity contribution in [3.63, 3.8) is 0 Å². The van der Waals surface area contributed by atoms with Gasteiger partial charge in [0.2, 0.25) is 5.91 Å². The summed E-state index contributed by atoms with van der Waals surface area (Å²) in [7, 11) is 0. The Morgan fingerprint density at radius 3 is 2.64 bits per heavy atom. The number of aromatic amines is 1. The number of benzene rings is 2. The van der Waals surface area contributed by atoms with Crippen LogP contribution in [-0.4, -0.2) is 16.0 Å². The van der Waals surface area contributed by atoms with Gasteiger partial charge in [-0.2, -0.15) is 5.26 Å². The van der Waals surface area contributed by atoms with E-state index in [0.717, 1.165) is 23.3 Å². The molecule has 3 aromatic rings. The molecule has 0 aliphatic carbocycles. The first-order chi connectivity index (χ1) is 13.3. The third-order valence-corrected chi connectivity index (χ3v) is 4.41. The molecule has 142 valence electrons. The monoisotopic (exact) mass is 383 g/mol. The van der Waals surface area contributed by atoms with Crippen molar-refractivity contribution in [2.75, 3.05) is 0 Å². The molecule has 6 nitrogen and oxygen atoms in total. The fourth-order valence-corrected chi connectivity index (χ4v) is 2.86. The number of aromatic hydroxyl groups is 1. The van der Waals surface area contributed by atoms with Crippen molar-refractivity contribution in [2.45, 2.75) is 19.9 Å². The van der Waals surface area contributed by atoms with Crippen molar-refractivity contribution in [2.24, 2.45) is 0 Å². The summed E-state index contributed by atoms with van der Waals surface area (Å²) in [6, 6.07) is 8.58. The van der Waals surface area contributed by atoms with Gasteiger partial charge in [0.1, 0.15) is 5.75 Å². The van der Waals surface area contributed by atoms with Gasteiger partial charge in [-0.05, 0) is 36.2 Å². The number of hydrogen-bond acceptors (Lipinski definition) is 4. The Morgan fingerprint density at radius 1 is 1.25 bits per heavy atom. The number of pyridine rings is 1. The van der Waals surface area contributed by atoms with Gasteiger partial charge in [0, 0.05) is 18.0 Å². The SMILES string of the molecule is Cc1cc(C#N)ccc1CNC(=O)Cc1c(O)c2cc(F)c(F)cc2[nH]c1=O. The van der Waals surface area contributed by atoms with Gasteiger partial charge in [0.05, 0.1) is 29.1 Å². The molecular weight excluding hydrogens is 368 g/mol. The largest absolute Gasteiger partial charge is 0.507 e. The molecule has 0 spiro atoms. The minimum absolute atomic E-state index is 0.0706. The number of nitriles is 1. The number of aryl methyl sites for hydroxylation is 1. The highest BCUT2D eigenvalue weighted by molar-refractivity contribution is 5.88. The molecule has 1 aromatic heterocycles. The molecule has 0 bridgehead atoms. The summed E-state index contributed by atoms with van der Waals surface area (Å²) in [5.41, 5.74) is 1.04. The van der Waals surface area contributed by atoms with Gasteiger partial charge in [-0.25, -0.2) is 8.78 Å². The molecule has 0 saturated carbocycles. The minimum atomic E-state index is -1.18. The van der Waals surface area contributed by atoms with Gasteiger partial charge in [0.15, 0.2) is 11.6 Å². The average Bonchev–Trinajstić information content (AvgIpc) is 2.66. The van der Waals surface area contributed by atoms with Gasteiger partial charge in [-0.15, -0.1) is 0 Å². The van der Waals surface area contributed by atoms with Crippen molar-refractivity contribution in [3.8, 4) is 11.8 Å². The second-order valence-electron chi connectivity index (χ2n) is 6.30. The van der Waals surface area contributed by atoms with Crippen LogP contribution < -0.4 is 10.9 Å². The summed E-state index contributed by atoms with van der Waals surface area (Å²) < 4.78 is 26.8. The molecule has 0 radical (unpaired) electrons. The molecular formula is C20H15F2N3O3. The maximum absolute atomic E-state index is 13.4. The van der Waals surface area contributed by atoms with Crippen LogP contribution in [-0.2, 0) is 17.8 Å². The highest BCUT2D eigenvalue weighted by Crippen LogP contribution is 2.27. The molecule has 0 aliphatic heterocycles. The first kappa shape index (κ1) is 19.0. The van der Waals surface area contributed by atoms with Gasteiger partial charge >= 0.3 is 0 Å². The zero-order valence-corrected chi connectivity index (χ0v) is 14.8. The summed E-state index contributed by atoms with van der Waals surface area (Å²) in [5.74, 6) is -3.44. The second kappa shape index (κ2) is 7.48. The average molecular weight is 383 g/mol. The number of fused-ring (bicyclic) bond motifs is 1. The Labute approximate surface area is 158 Å². The first-order valence-corrected chi connectivity index (χ1v) is 8.29.